The first-order chi connectivity index (χ1) is 3.84. The average molecular weight is 115 g/mol. The fourth-order valence-corrected chi connectivity index (χ4v) is 1.14. The van der Waals surface area contributed by atoms with Crippen LogP contribution in [0.25, 0.3) is 0 Å². The first-order valence-corrected chi connectivity index (χ1v) is 3.19. The van der Waals surface area contributed by atoms with Gasteiger partial charge >= 0.3 is 0 Å². The molecule has 0 saturated carbocycles. The zero-order valence-corrected chi connectivity index (χ0v) is 5.22. The smallest absolute Gasteiger partial charge is 0.0587 e. The van der Waals surface area contributed by atoms with E-state index in [9.17, 15) is 0 Å². The Hall–Kier alpha value is -0.0800. The standard InChI is InChI=1S/C6H13NO/c1-5-2-3-7-6(5)4-8/h5-8H,2-4H2,1H3/t5-,6-/m1/s1. The molecule has 1 rings (SSSR count). The second-order valence-corrected chi connectivity index (χ2v) is 2.51. The van der Waals surface area contributed by atoms with E-state index in [4.69, 9.17) is 5.11 Å². The molecule has 0 aromatic heterocycles. The summed E-state index contributed by atoms with van der Waals surface area (Å²) < 4.78 is 0. The minimum Gasteiger partial charge on any atom is -0.395 e. The predicted octanol–water partition coefficient (Wildman–Crippen LogP) is -0.0233. The fraction of sp³-hybridized carbons (Fsp3) is 1.00. The maximum atomic E-state index is 8.67. The van der Waals surface area contributed by atoms with E-state index in [-0.39, 0.29) is 0 Å². The molecule has 0 aromatic carbocycles. The number of hydrogen-bond donors (Lipinski definition) is 2. The Bertz CT molecular complexity index is 74.9. The van der Waals surface area contributed by atoms with Crippen LogP contribution in [0.15, 0.2) is 0 Å². The Kier molecular flexibility index (Phi) is 1.86. The van der Waals surface area contributed by atoms with Crippen molar-refractivity contribution in [2.45, 2.75) is 19.4 Å². The van der Waals surface area contributed by atoms with Crippen molar-refractivity contribution in [3.8, 4) is 0 Å². The second kappa shape index (κ2) is 2.46. The Morgan fingerprint density at radius 3 is 2.75 bits per heavy atom. The molecule has 2 heteroatoms. The van der Waals surface area contributed by atoms with Gasteiger partial charge < -0.3 is 10.4 Å². The molecule has 2 atom stereocenters. The molecule has 1 saturated heterocycles. The van der Waals surface area contributed by atoms with Gasteiger partial charge in [0.25, 0.3) is 0 Å². The zero-order valence-electron chi connectivity index (χ0n) is 5.22. The maximum Gasteiger partial charge on any atom is 0.0587 e. The van der Waals surface area contributed by atoms with E-state index in [2.05, 4.69) is 12.2 Å². The highest BCUT2D eigenvalue weighted by molar-refractivity contribution is 4.79. The summed E-state index contributed by atoms with van der Waals surface area (Å²) in [5, 5.41) is 11.9. The highest BCUT2D eigenvalue weighted by Gasteiger charge is 2.20. The van der Waals surface area contributed by atoms with E-state index in [0.29, 0.717) is 18.6 Å². The van der Waals surface area contributed by atoms with Crippen molar-refractivity contribution in [3.05, 3.63) is 0 Å². The lowest BCUT2D eigenvalue weighted by atomic mass is 10.1. The van der Waals surface area contributed by atoms with Crippen LogP contribution in [-0.2, 0) is 0 Å². The monoisotopic (exact) mass is 115 g/mol. The summed E-state index contributed by atoms with van der Waals surface area (Å²) in [6.07, 6.45) is 1.21. The molecule has 1 heterocycles. The van der Waals surface area contributed by atoms with Gasteiger partial charge in [0.2, 0.25) is 0 Å². The van der Waals surface area contributed by atoms with Gasteiger partial charge in [0, 0.05) is 6.04 Å². The Labute approximate surface area is 49.9 Å². The number of nitrogens with one attached hydrogen (secondary N) is 1. The van der Waals surface area contributed by atoms with Crippen molar-refractivity contribution in [2.24, 2.45) is 5.92 Å². The highest BCUT2D eigenvalue weighted by Crippen LogP contribution is 2.12. The molecule has 0 aliphatic carbocycles. The lowest BCUT2D eigenvalue weighted by Gasteiger charge is -2.10. The third-order valence-corrected chi connectivity index (χ3v) is 1.89. The largest absolute Gasteiger partial charge is 0.395 e. The Morgan fingerprint density at radius 1 is 1.75 bits per heavy atom. The van der Waals surface area contributed by atoms with Gasteiger partial charge in [-0.25, -0.2) is 0 Å². The molecular weight excluding hydrogens is 102 g/mol. The first-order valence-electron chi connectivity index (χ1n) is 3.19. The van der Waals surface area contributed by atoms with Crippen LogP contribution in [0.3, 0.4) is 0 Å². The summed E-state index contributed by atoms with van der Waals surface area (Å²) in [5.41, 5.74) is 0. The van der Waals surface area contributed by atoms with Crippen molar-refractivity contribution < 1.29 is 5.11 Å². The van der Waals surface area contributed by atoms with Crippen molar-refractivity contribution >= 4 is 0 Å². The second-order valence-electron chi connectivity index (χ2n) is 2.51. The molecule has 0 radical (unpaired) electrons. The zero-order chi connectivity index (χ0) is 5.98. The van der Waals surface area contributed by atoms with Crippen molar-refractivity contribution in [3.63, 3.8) is 0 Å². The van der Waals surface area contributed by atoms with Gasteiger partial charge in [-0.1, -0.05) is 6.92 Å². The highest BCUT2D eigenvalue weighted by atomic mass is 16.3. The lowest BCUT2D eigenvalue weighted by molar-refractivity contribution is 0.233. The van der Waals surface area contributed by atoms with Crippen LogP contribution >= 0.6 is 0 Å². The predicted molar refractivity (Wildman–Crippen MR) is 32.7 cm³/mol. The van der Waals surface area contributed by atoms with E-state index in [1.54, 1.807) is 0 Å². The molecular formula is C6H13NO. The first kappa shape index (κ1) is 6.05. The fourth-order valence-electron chi connectivity index (χ4n) is 1.14. The summed E-state index contributed by atoms with van der Waals surface area (Å²) in [6.45, 7) is 3.54. The van der Waals surface area contributed by atoms with E-state index in [1.807, 2.05) is 0 Å². The Balaban J connectivity index is 2.30. The molecule has 0 bridgehead atoms. The molecule has 1 aliphatic rings. The van der Waals surface area contributed by atoms with Gasteiger partial charge in [0.15, 0.2) is 0 Å². The normalized spacial score (nSPS) is 38.2. The third kappa shape index (κ3) is 1.01. The van der Waals surface area contributed by atoms with Crippen LogP contribution in [0, 0.1) is 5.92 Å². The van der Waals surface area contributed by atoms with Gasteiger partial charge in [0.1, 0.15) is 0 Å². The molecule has 8 heavy (non-hydrogen) atoms. The van der Waals surface area contributed by atoms with Crippen molar-refractivity contribution in [1.82, 2.24) is 5.32 Å². The van der Waals surface area contributed by atoms with E-state index in [1.165, 1.54) is 6.42 Å². The molecule has 0 aromatic rings. The average Bonchev–Trinajstić information content (AvgIpc) is 2.14. The quantitative estimate of drug-likeness (QED) is 0.503. The van der Waals surface area contributed by atoms with E-state index >= 15 is 0 Å². The van der Waals surface area contributed by atoms with E-state index in [0.717, 1.165) is 6.54 Å². The molecule has 2 nitrogen and oxygen atoms in total. The SMILES string of the molecule is C[C@@H]1CCN[C@@H]1CO. The molecule has 0 spiro atoms. The summed E-state index contributed by atoms with van der Waals surface area (Å²) in [7, 11) is 0. The number of aliphatic hydroxyl groups excluding tert-OH is 1. The van der Waals surface area contributed by atoms with Crippen molar-refractivity contribution in [2.75, 3.05) is 13.2 Å². The van der Waals surface area contributed by atoms with Crippen molar-refractivity contribution in [1.29, 1.82) is 0 Å². The third-order valence-electron chi connectivity index (χ3n) is 1.89. The number of hydrogen-bond acceptors (Lipinski definition) is 2. The van der Waals surface area contributed by atoms with Crippen LogP contribution in [0.2, 0.25) is 0 Å². The molecule has 1 aliphatic heterocycles. The summed E-state index contributed by atoms with van der Waals surface area (Å²) in [4.78, 5) is 0. The van der Waals surface area contributed by atoms with Crippen LogP contribution in [-0.4, -0.2) is 24.3 Å². The van der Waals surface area contributed by atoms with Gasteiger partial charge in [-0.2, -0.15) is 0 Å². The van der Waals surface area contributed by atoms with Gasteiger partial charge in [-0.3, -0.25) is 0 Å². The van der Waals surface area contributed by atoms with Crippen LogP contribution in [0.4, 0.5) is 0 Å². The van der Waals surface area contributed by atoms with Gasteiger partial charge in [0.05, 0.1) is 6.61 Å². The summed E-state index contributed by atoms with van der Waals surface area (Å²) >= 11 is 0. The maximum absolute atomic E-state index is 8.67. The topological polar surface area (TPSA) is 32.3 Å². The van der Waals surface area contributed by atoms with Gasteiger partial charge in [-0.05, 0) is 18.9 Å². The molecule has 0 amide bonds. The molecule has 0 unspecified atom stereocenters. The van der Waals surface area contributed by atoms with Crippen LogP contribution in [0.1, 0.15) is 13.3 Å². The summed E-state index contributed by atoms with van der Waals surface area (Å²) in [5.74, 6) is 0.667. The van der Waals surface area contributed by atoms with Gasteiger partial charge in [-0.15, -0.1) is 0 Å². The molecule has 2 N–H and O–H groups in total. The number of aliphatic hydroxyl groups is 1. The summed E-state index contributed by atoms with van der Waals surface area (Å²) in [6, 6.07) is 0.370. The van der Waals surface area contributed by atoms with Crippen LogP contribution < -0.4 is 5.32 Å². The minimum absolute atomic E-state index is 0.293. The molecule has 1 fully saturated rings. The Morgan fingerprint density at radius 2 is 2.50 bits per heavy atom. The number of rotatable bonds is 1. The van der Waals surface area contributed by atoms with E-state index < -0.39 is 0 Å². The minimum atomic E-state index is 0.293. The van der Waals surface area contributed by atoms with Crippen LogP contribution in [0.5, 0.6) is 0 Å². The lowest BCUT2D eigenvalue weighted by Crippen LogP contribution is -2.29. The molecule has 48 valence electrons.